The Morgan fingerprint density at radius 2 is 1.87 bits per heavy atom. The van der Waals surface area contributed by atoms with Crippen molar-refractivity contribution in [1.29, 1.82) is 0 Å². The first-order valence-corrected chi connectivity index (χ1v) is 8.56. The lowest BCUT2D eigenvalue weighted by molar-refractivity contribution is 0.478. The van der Waals surface area contributed by atoms with Crippen molar-refractivity contribution in [3.63, 3.8) is 0 Å². The van der Waals surface area contributed by atoms with Gasteiger partial charge in [-0.3, -0.25) is 0 Å². The van der Waals surface area contributed by atoms with E-state index >= 15 is 0 Å². The summed E-state index contributed by atoms with van der Waals surface area (Å²) in [6.07, 6.45) is 0.989. The van der Waals surface area contributed by atoms with Gasteiger partial charge in [0, 0.05) is 12.2 Å². The zero-order valence-corrected chi connectivity index (χ0v) is 10.8. The second-order valence-corrected chi connectivity index (χ2v) is 8.49. The quantitative estimate of drug-likeness (QED) is 0.751. The Kier molecular flexibility index (Phi) is 4.51. The van der Waals surface area contributed by atoms with Crippen LogP contribution in [-0.4, -0.2) is 18.8 Å². The van der Waals surface area contributed by atoms with Gasteiger partial charge in [0.25, 0.3) is 0 Å². The van der Waals surface area contributed by atoms with Crippen molar-refractivity contribution in [3.05, 3.63) is 35.9 Å². The third kappa shape index (κ3) is 4.16. The van der Waals surface area contributed by atoms with Crippen molar-refractivity contribution in [2.24, 2.45) is 0 Å². The molecule has 1 atom stereocenters. The van der Waals surface area contributed by atoms with Gasteiger partial charge in [-0.05, 0) is 25.1 Å². The Morgan fingerprint density at radius 1 is 1.27 bits per heavy atom. The molecule has 1 aromatic rings. The first kappa shape index (κ1) is 12.4. The molecular formula is C12H21NOSi. The van der Waals surface area contributed by atoms with Gasteiger partial charge in [0.15, 0.2) is 8.32 Å². The number of benzene rings is 1. The standard InChI is InChI=1S/C12H21NOSi/c1-4-12(15(2,3)14)13-10-11-8-6-5-7-9-11/h5-9,12-14H,4,10H2,1-3H3. The maximum atomic E-state index is 10.0. The van der Waals surface area contributed by atoms with Gasteiger partial charge in [0.05, 0.1) is 0 Å². The zero-order valence-electron chi connectivity index (χ0n) is 9.83. The minimum Gasteiger partial charge on any atom is -0.431 e. The maximum Gasteiger partial charge on any atom is 0.199 e. The minimum absolute atomic E-state index is 0.276. The molecule has 2 nitrogen and oxygen atoms in total. The van der Waals surface area contributed by atoms with Crippen molar-refractivity contribution in [1.82, 2.24) is 5.32 Å². The lowest BCUT2D eigenvalue weighted by Gasteiger charge is -2.27. The van der Waals surface area contributed by atoms with Crippen molar-refractivity contribution < 1.29 is 4.80 Å². The molecule has 0 aromatic heterocycles. The molecule has 0 aliphatic rings. The molecule has 1 aromatic carbocycles. The van der Waals surface area contributed by atoms with Crippen LogP contribution in [0.15, 0.2) is 30.3 Å². The molecule has 2 N–H and O–H groups in total. The molecule has 15 heavy (non-hydrogen) atoms. The van der Waals surface area contributed by atoms with E-state index < -0.39 is 8.32 Å². The van der Waals surface area contributed by atoms with E-state index in [9.17, 15) is 4.80 Å². The fourth-order valence-corrected chi connectivity index (χ4v) is 3.33. The van der Waals surface area contributed by atoms with Crippen LogP contribution in [0.3, 0.4) is 0 Å². The lowest BCUT2D eigenvalue weighted by Crippen LogP contribution is -2.50. The molecule has 0 aliphatic heterocycles. The Hall–Kier alpha value is -0.643. The molecule has 0 aliphatic carbocycles. The van der Waals surface area contributed by atoms with Gasteiger partial charge in [-0.15, -0.1) is 0 Å². The van der Waals surface area contributed by atoms with Crippen LogP contribution in [0.1, 0.15) is 18.9 Å². The summed E-state index contributed by atoms with van der Waals surface area (Å²) in [4.78, 5) is 10.0. The summed E-state index contributed by atoms with van der Waals surface area (Å²) in [6.45, 7) is 6.93. The summed E-state index contributed by atoms with van der Waals surface area (Å²) in [7, 11) is -2.05. The van der Waals surface area contributed by atoms with Crippen LogP contribution < -0.4 is 5.32 Å². The number of rotatable bonds is 5. The topological polar surface area (TPSA) is 32.3 Å². The van der Waals surface area contributed by atoms with Crippen molar-refractivity contribution in [2.75, 3.05) is 0 Å². The fraction of sp³-hybridized carbons (Fsp3) is 0.500. The summed E-state index contributed by atoms with van der Waals surface area (Å²) < 4.78 is 0. The normalized spacial score (nSPS) is 13.9. The van der Waals surface area contributed by atoms with Gasteiger partial charge < -0.3 is 10.1 Å². The monoisotopic (exact) mass is 223 g/mol. The number of nitrogens with one attached hydrogen (secondary N) is 1. The highest BCUT2D eigenvalue weighted by Gasteiger charge is 2.27. The van der Waals surface area contributed by atoms with E-state index in [4.69, 9.17) is 0 Å². The van der Waals surface area contributed by atoms with E-state index in [0.29, 0.717) is 0 Å². The van der Waals surface area contributed by atoms with Crippen LogP contribution in [-0.2, 0) is 6.54 Å². The molecule has 0 fully saturated rings. The molecule has 0 saturated carbocycles. The SMILES string of the molecule is CCC(NCc1ccccc1)[Si](C)(C)O. The second kappa shape index (κ2) is 5.44. The smallest absolute Gasteiger partial charge is 0.199 e. The van der Waals surface area contributed by atoms with E-state index in [-0.39, 0.29) is 5.67 Å². The summed E-state index contributed by atoms with van der Waals surface area (Å²) in [5.41, 5.74) is 1.55. The first-order valence-electron chi connectivity index (χ1n) is 5.53. The second-order valence-electron chi connectivity index (χ2n) is 4.48. The number of hydrogen-bond donors (Lipinski definition) is 2. The van der Waals surface area contributed by atoms with Crippen LogP contribution in [0, 0.1) is 0 Å². The van der Waals surface area contributed by atoms with Crippen LogP contribution in [0.4, 0.5) is 0 Å². The Balaban J connectivity index is 2.49. The van der Waals surface area contributed by atoms with E-state index in [2.05, 4.69) is 24.4 Å². The molecule has 0 heterocycles. The van der Waals surface area contributed by atoms with Gasteiger partial charge >= 0.3 is 0 Å². The largest absolute Gasteiger partial charge is 0.431 e. The highest BCUT2D eigenvalue weighted by atomic mass is 28.4. The highest BCUT2D eigenvalue weighted by Crippen LogP contribution is 2.09. The van der Waals surface area contributed by atoms with Gasteiger partial charge in [0.2, 0.25) is 0 Å². The van der Waals surface area contributed by atoms with Crippen molar-refractivity contribution in [2.45, 2.75) is 38.6 Å². The van der Waals surface area contributed by atoms with E-state index in [1.807, 2.05) is 31.3 Å². The average molecular weight is 223 g/mol. The fourth-order valence-electron chi connectivity index (χ4n) is 1.73. The Labute approximate surface area is 93.5 Å². The minimum atomic E-state index is -2.05. The van der Waals surface area contributed by atoms with Crippen LogP contribution in [0.5, 0.6) is 0 Å². The van der Waals surface area contributed by atoms with E-state index in [1.165, 1.54) is 5.56 Å². The van der Waals surface area contributed by atoms with Gasteiger partial charge in [0.1, 0.15) is 0 Å². The Morgan fingerprint density at radius 3 is 2.33 bits per heavy atom. The predicted molar refractivity (Wildman–Crippen MR) is 67.1 cm³/mol. The molecule has 0 spiro atoms. The average Bonchev–Trinajstić information content (AvgIpc) is 2.18. The summed E-state index contributed by atoms with van der Waals surface area (Å²) in [5.74, 6) is 0. The summed E-state index contributed by atoms with van der Waals surface area (Å²) >= 11 is 0. The van der Waals surface area contributed by atoms with Gasteiger partial charge in [-0.25, -0.2) is 0 Å². The lowest BCUT2D eigenvalue weighted by atomic mass is 10.2. The predicted octanol–water partition coefficient (Wildman–Crippen LogP) is 2.29. The highest BCUT2D eigenvalue weighted by molar-refractivity contribution is 6.71. The van der Waals surface area contributed by atoms with E-state index in [0.717, 1.165) is 13.0 Å². The zero-order chi connectivity index (χ0) is 11.3. The molecular weight excluding hydrogens is 202 g/mol. The maximum absolute atomic E-state index is 10.0. The molecule has 0 radical (unpaired) electrons. The van der Waals surface area contributed by atoms with Crippen molar-refractivity contribution >= 4 is 8.32 Å². The summed E-state index contributed by atoms with van der Waals surface area (Å²) in [6, 6.07) is 10.3. The molecule has 1 unspecified atom stereocenters. The summed E-state index contributed by atoms with van der Waals surface area (Å²) in [5, 5.41) is 3.44. The van der Waals surface area contributed by atoms with Crippen LogP contribution >= 0.6 is 0 Å². The number of hydrogen-bond acceptors (Lipinski definition) is 2. The molecule has 1 rings (SSSR count). The molecule has 84 valence electrons. The van der Waals surface area contributed by atoms with Gasteiger partial charge in [-0.2, -0.15) is 0 Å². The van der Waals surface area contributed by atoms with Crippen LogP contribution in [0.25, 0.3) is 0 Å². The molecule has 0 amide bonds. The molecule has 0 saturated heterocycles. The Bertz CT molecular complexity index is 281. The first-order chi connectivity index (χ1) is 7.04. The van der Waals surface area contributed by atoms with Crippen LogP contribution in [0.2, 0.25) is 13.1 Å². The third-order valence-electron chi connectivity index (χ3n) is 2.66. The van der Waals surface area contributed by atoms with E-state index in [1.54, 1.807) is 0 Å². The van der Waals surface area contributed by atoms with Crippen molar-refractivity contribution in [3.8, 4) is 0 Å². The third-order valence-corrected chi connectivity index (χ3v) is 4.97. The molecule has 0 bridgehead atoms. The van der Waals surface area contributed by atoms with Gasteiger partial charge in [-0.1, -0.05) is 37.3 Å². The molecule has 3 heteroatoms.